The van der Waals surface area contributed by atoms with Crippen LogP contribution in [0.5, 0.6) is 0 Å². The Kier molecular flexibility index (Phi) is 3.86. The largest absolute Gasteiger partial charge is 0.369 e. The highest BCUT2D eigenvalue weighted by atomic mass is 79.9. The summed E-state index contributed by atoms with van der Waals surface area (Å²) in [7, 11) is 0. The Morgan fingerprint density at radius 2 is 1.74 bits per heavy atom. The van der Waals surface area contributed by atoms with Crippen molar-refractivity contribution >= 4 is 21.6 Å². The van der Waals surface area contributed by atoms with Gasteiger partial charge in [0.2, 0.25) is 0 Å². The summed E-state index contributed by atoms with van der Waals surface area (Å²) < 4.78 is 1.20. The second kappa shape index (κ2) is 5.45. The molecule has 19 heavy (non-hydrogen) atoms. The molecule has 1 aromatic carbocycles. The van der Waals surface area contributed by atoms with E-state index in [0.717, 1.165) is 6.04 Å². The van der Waals surface area contributed by atoms with E-state index < -0.39 is 0 Å². The Balaban J connectivity index is 1.89. The van der Waals surface area contributed by atoms with Crippen LogP contribution < -0.4 is 4.90 Å². The zero-order chi connectivity index (χ0) is 13.4. The predicted octanol–water partition coefficient (Wildman–Crippen LogP) is 3.74. The van der Waals surface area contributed by atoms with Crippen LogP contribution >= 0.6 is 15.9 Å². The molecule has 1 unspecified atom stereocenters. The van der Waals surface area contributed by atoms with Crippen molar-refractivity contribution in [3.05, 3.63) is 27.7 Å². The molecule has 3 rings (SSSR count). The van der Waals surface area contributed by atoms with E-state index in [1.807, 2.05) is 0 Å². The first-order valence-corrected chi connectivity index (χ1v) is 8.20. The van der Waals surface area contributed by atoms with Crippen molar-refractivity contribution in [2.75, 3.05) is 31.1 Å². The Hall–Kier alpha value is -0.540. The number of rotatable bonds is 1. The number of aryl methyl sites for hydroxylation is 2. The molecule has 2 heterocycles. The van der Waals surface area contributed by atoms with E-state index in [-0.39, 0.29) is 0 Å². The van der Waals surface area contributed by atoms with Crippen LogP contribution in [-0.4, -0.2) is 37.1 Å². The van der Waals surface area contributed by atoms with Crippen molar-refractivity contribution in [2.24, 2.45) is 0 Å². The quantitative estimate of drug-likeness (QED) is 0.777. The van der Waals surface area contributed by atoms with Crippen LogP contribution in [0.15, 0.2) is 16.6 Å². The maximum atomic E-state index is 3.60. The molecule has 0 bridgehead atoms. The van der Waals surface area contributed by atoms with Gasteiger partial charge in [-0.1, -0.05) is 15.9 Å². The van der Waals surface area contributed by atoms with Gasteiger partial charge in [0, 0.05) is 35.8 Å². The lowest BCUT2D eigenvalue weighted by Crippen LogP contribution is -2.37. The Bertz CT molecular complexity index is 449. The Morgan fingerprint density at radius 3 is 2.47 bits per heavy atom. The van der Waals surface area contributed by atoms with Crippen LogP contribution in [0, 0.1) is 13.8 Å². The number of halogens is 1. The fourth-order valence-electron chi connectivity index (χ4n) is 3.81. The molecule has 2 fully saturated rings. The fraction of sp³-hybridized carbons (Fsp3) is 0.625. The molecular weight excluding hydrogens is 300 g/mol. The number of benzene rings is 1. The van der Waals surface area contributed by atoms with Crippen LogP contribution in [-0.2, 0) is 0 Å². The number of fused-ring (bicyclic) bond motifs is 1. The molecule has 0 aliphatic carbocycles. The van der Waals surface area contributed by atoms with Gasteiger partial charge < -0.3 is 4.90 Å². The molecule has 0 radical (unpaired) electrons. The maximum Gasteiger partial charge on any atom is 0.0426 e. The molecule has 1 aromatic rings. The van der Waals surface area contributed by atoms with Crippen LogP contribution in [0.25, 0.3) is 0 Å². The third kappa shape index (κ3) is 2.68. The van der Waals surface area contributed by atoms with E-state index in [1.165, 1.54) is 66.7 Å². The summed E-state index contributed by atoms with van der Waals surface area (Å²) in [5.41, 5.74) is 4.27. The smallest absolute Gasteiger partial charge is 0.0426 e. The van der Waals surface area contributed by atoms with Crippen molar-refractivity contribution in [2.45, 2.75) is 39.2 Å². The van der Waals surface area contributed by atoms with Gasteiger partial charge in [-0.05, 0) is 62.9 Å². The lowest BCUT2D eigenvalue weighted by atomic mass is 10.1. The van der Waals surface area contributed by atoms with Gasteiger partial charge in [0.25, 0.3) is 0 Å². The summed E-state index contributed by atoms with van der Waals surface area (Å²) in [6.45, 7) is 9.50. The minimum absolute atomic E-state index is 0.782. The lowest BCUT2D eigenvalue weighted by Gasteiger charge is -2.30. The Morgan fingerprint density at radius 1 is 1.05 bits per heavy atom. The third-order valence-corrected chi connectivity index (χ3v) is 5.03. The molecule has 0 saturated carbocycles. The summed E-state index contributed by atoms with van der Waals surface area (Å²) in [6.07, 6.45) is 4.06. The summed E-state index contributed by atoms with van der Waals surface area (Å²) >= 11 is 3.60. The minimum Gasteiger partial charge on any atom is -0.369 e. The molecule has 0 N–H and O–H groups in total. The van der Waals surface area contributed by atoms with Crippen LogP contribution in [0.3, 0.4) is 0 Å². The minimum atomic E-state index is 0.782. The van der Waals surface area contributed by atoms with Gasteiger partial charge in [0.15, 0.2) is 0 Å². The number of anilines is 1. The van der Waals surface area contributed by atoms with E-state index in [4.69, 9.17) is 0 Å². The van der Waals surface area contributed by atoms with Gasteiger partial charge >= 0.3 is 0 Å². The SMILES string of the molecule is Cc1cc(Br)cc(C)c1N1CCCN2CCCC2C1. The normalized spacial score (nSPS) is 24.4. The highest BCUT2D eigenvalue weighted by molar-refractivity contribution is 9.10. The first-order chi connectivity index (χ1) is 9.15. The van der Waals surface area contributed by atoms with Crippen molar-refractivity contribution in [1.82, 2.24) is 4.90 Å². The van der Waals surface area contributed by atoms with Crippen molar-refractivity contribution in [3.63, 3.8) is 0 Å². The van der Waals surface area contributed by atoms with E-state index in [9.17, 15) is 0 Å². The molecule has 0 aromatic heterocycles. The standard InChI is InChI=1S/C16H23BrN2/c1-12-9-14(17)10-13(2)16(12)19-8-4-7-18-6-3-5-15(18)11-19/h9-10,15H,3-8,11H2,1-2H3. The number of hydrogen-bond donors (Lipinski definition) is 0. The van der Waals surface area contributed by atoms with Gasteiger partial charge in [0.05, 0.1) is 0 Å². The second-order valence-corrected chi connectivity index (χ2v) is 6.94. The highest BCUT2D eigenvalue weighted by Crippen LogP contribution is 2.31. The second-order valence-electron chi connectivity index (χ2n) is 6.02. The average Bonchev–Trinajstić information content (AvgIpc) is 2.67. The molecule has 3 heteroatoms. The molecule has 1 atom stereocenters. The summed E-state index contributed by atoms with van der Waals surface area (Å²) in [6, 6.07) is 5.28. The fourth-order valence-corrected chi connectivity index (χ4v) is 4.50. The lowest BCUT2D eigenvalue weighted by molar-refractivity contribution is 0.273. The van der Waals surface area contributed by atoms with Crippen molar-refractivity contribution in [1.29, 1.82) is 0 Å². The first kappa shape index (κ1) is 13.4. The van der Waals surface area contributed by atoms with E-state index in [0.29, 0.717) is 0 Å². The molecule has 104 valence electrons. The van der Waals surface area contributed by atoms with Gasteiger partial charge in [-0.25, -0.2) is 0 Å². The van der Waals surface area contributed by atoms with E-state index in [1.54, 1.807) is 0 Å². The molecule has 2 aliphatic heterocycles. The Labute approximate surface area is 124 Å². The maximum absolute atomic E-state index is 3.60. The molecule has 2 aliphatic rings. The zero-order valence-electron chi connectivity index (χ0n) is 12.0. The van der Waals surface area contributed by atoms with E-state index in [2.05, 4.69) is 51.7 Å². The van der Waals surface area contributed by atoms with Gasteiger partial charge in [-0.3, -0.25) is 4.90 Å². The third-order valence-electron chi connectivity index (χ3n) is 4.58. The summed E-state index contributed by atoms with van der Waals surface area (Å²) in [4.78, 5) is 5.33. The molecular formula is C16H23BrN2. The molecule has 2 saturated heterocycles. The van der Waals surface area contributed by atoms with E-state index >= 15 is 0 Å². The number of nitrogens with zero attached hydrogens (tertiary/aromatic N) is 2. The zero-order valence-corrected chi connectivity index (χ0v) is 13.5. The van der Waals surface area contributed by atoms with Crippen molar-refractivity contribution in [3.8, 4) is 0 Å². The average molecular weight is 323 g/mol. The molecule has 2 nitrogen and oxygen atoms in total. The molecule has 0 spiro atoms. The van der Waals surface area contributed by atoms with Gasteiger partial charge in [-0.15, -0.1) is 0 Å². The van der Waals surface area contributed by atoms with Crippen molar-refractivity contribution < 1.29 is 0 Å². The monoisotopic (exact) mass is 322 g/mol. The predicted molar refractivity (Wildman–Crippen MR) is 85.0 cm³/mol. The van der Waals surface area contributed by atoms with Crippen LogP contribution in [0.4, 0.5) is 5.69 Å². The van der Waals surface area contributed by atoms with Crippen LogP contribution in [0.2, 0.25) is 0 Å². The highest BCUT2D eigenvalue weighted by Gasteiger charge is 2.29. The molecule has 0 amide bonds. The number of hydrogen-bond acceptors (Lipinski definition) is 2. The van der Waals surface area contributed by atoms with Crippen LogP contribution in [0.1, 0.15) is 30.4 Å². The summed E-state index contributed by atoms with van der Waals surface area (Å²) in [5, 5.41) is 0. The van der Waals surface area contributed by atoms with Gasteiger partial charge in [-0.2, -0.15) is 0 Å². The summed E-state index contributed by atoms with van der Waals surface area (Å²) in [5.74, 6) is 0. The van der Waals surface area contributed by atoms with Gasteiger partial charge in [0.1, 0.15) is 0 Å². The first-order valence-electron chi connectivity index (χ1n) is 7.41. The topological polar surface area (TPSA) is 6.48 Å².